The molecule has 0 radical (unpaired) electrons. The van der Waals surface area contributed by atoms with E-state index in [9.17, 15) is 9.59 Å². The van der Waals surface area contributed by atoms with Crippen molar-refractivity contribution in [3.63, 3.8) is 0 Å². The van der Waals surface area contributed by atoms with E-state index in [0.717, 1.165) is 19.4 Å². The number of hydrogen-bond donors (Lipinski definition) is 1. The number of amides is 1. The van der Waals surface area contributed by atoms with Crippen LogP contribution in [0.15, 0.2) is 9.32 Å². The van der Waals surface area contributed by atoms with E-state index in [-0.39, 0.29) is 11.8 Å². The summed E-state index contributed by atoms with van der Waals surface area (Å²) in [5.74, 6) is 0.163. The summed E-state index contributed by atoms with van der Waals surface area (Å²) >= 11 is 0. The second kappa shape index (κ2) is 3.88. The molecule has 1 fully saturated rings. The van der Waals surface area contributed by atoms with Crippen molar-refractivity contribution in [3.05, 3.63) is 16.4 Å². The van der Waals surface area contributed by atoms with Crippen LogP contribution in [0.3, 0.4) is 0 Å². The number of carbonyl (C=O) groups is 1. The Hall–Kier alpha value is -1.59. The summed E-state index contributed by atoms with van der Waals surface area (Å²) in [4.78, 5) is 26.3. The van der Waals surface area contributed by atoms with Crippen molar-refractivity contribution in [1.29, 1.82) is 0 Å². The van der Waals surface area contributed by atoms with Crippen LogP contribution >= 0.6 is 0 Å². The third-order valence-electron chi connectivity index (χ3n) is 2.71. The first kappa shape index (κ1) is 9.95. The molecule has 6 heteroatoms. The quantitative estimate of drug-likeness (QED) is 0.713. The Morgan fingerprint density at radius 1 is 1.67 bits per heavy atom. The van der Waals surface area contributed by atoms with Gasteiger partial charge in [0.2, 0.25) is 5.91 Å². The van der Waals surface area contributed by atoms with Crippen molar-refractivity contribution in [2.24, 2.45) is 0 Å². The van der Waals surface area contributed by atoms with E-state index in [1.165, 1.54) is 0 Å². The zero-order valence-electron chi connectivity index (χ0n) is 8.52. The monoisotopic (exact) mass is 211 g/mol. The summed E-state index contributed by atoms with van der Waals surface area (Å²) in [7, 11) is 0. The van der Waals surface area contributed by atoms with Crippen molar-refractivity contribution in [3.8, 4) is 0 Å². The summed E-state index contributed by atoms with van der Waals surface area (Å²) < 4.78 is 4.45. The van der Waals surface area contributed by atoms with Crippen LogP contribution in [0.2, 0.25) is 0 Å². The molecular weight excluding hydrogens is 198 g/mol. The lowest BCUT2D eigenvalue weighted by Gasteiger charge is -2.30. The molecule has 1 aliphatic heterocycles. The Morgan fingerprint density at radius 2 is 2.47 bits per heavy atom. The van der Waals surface area contributed by atoms with E-state index in [0.29, 0.717) is 12.4 Å². The first-order valence-electron chi connectivity index (χ1n) is 4.98. The lowest BCUT2D eigenvalue weighted by molar-refractivity contribution is -0.130. The van der Waals surface area contributed by atoms with E-state index in [4.69, 9.17) is 0 Å². The second-order valence-corrected chi connectivity index (χ2v) is 3.78. The van der Waals surface area contributed by atoms with Gasteiger partial charge in [-0.15, -0.1) is 0 Å². The van der Waals surface area contributed by atoms with Crippen LogP contribution in [-0.4, -0.2) is 34.0 Å². The van der Waals surface area contributed by atoms with E-state index in [1.807, 2.05) is 0 Å². The molecule has 1 atom stereocenters. The van der Waals surface area contributed by atoms with Gasteiger partial charge in [0.25, 0.3) is 0 Å². The Morgan fingerprint density at radius 3 is 3.07 bits per heavy atom. The highest BCUT2D eigenvalue weighted by atomic mass is 16.5. The van der Waals surface area contributed by atoms with Gasteiger partial charge >= 0.3 is 5.76 Å². The summed E-state index contributed by atoms with van der Waals surface area (Å²) in [6, 6.07) is 0. The summed E-state index contributed by atoms with van der Waals surface area (Å²) in [5.41, 5.74) is 0. The molecule has 2 rings (SSSR count). The number of aromatic amines is 1. The van der Waals surface area contributed by atoms with E-state index < -0.39 is 5.76 Å². The Balaban J connectivity index is 2.10. The minimum atomic E-state index is -0.537. The van der Waals surface area contributed by atoms with Crippen molar-refractivity contribution in [1.82, 2.24) is 15.0 Å². The van der Waals surface area contributed by atoms with Crippen LogP contribution in [0.1, 0.15) is 31.5 Å². The molecule has 6 nitrogen and oxygen atoms in total. The lowest BCUT2D eigenvalue weighted by atomic mass is 9.97. The van der Waals surface area contributed by atoms with Crippen LogP contribution in [-0.2, 0) is 4.79 Å². The fraction of sp³-hybridized carbons (Fsp3) is 0.667. The molecular formula is C9H13N3O3. The van der Waals surface area contributed by atoms with Crippen molar-refractivity contribution >= 4 is 5.91 Å². The number of piperidine rings is 1. The van der Waals surface area contributed by atoms with Gasteiger partial charge in [-0.3, -0.25) is 14.3 Å². The van der Waals surface area contributed by atoms with E-state index in [2.05, 4.69) is 14.7 Å². The first-order valence-corrected chi connectivity index (χ1v) is 4.98. The highest BCUT2D eigenvalue weighted by Crippen LogP contribution is 2.23. The Kier molecular flexibility index (Phi) is 2.57. The van der Waals surface area contributed by atoms with Gasteiger partial charge in [-0.2, -0.15) is 0 Å². The SMILES string of the molecule is CC(=O)N1CCCC(c2noc(=O)[nH]2)C1. The maximum Gasteiger partial charge on any atom is 0.438 e. The van der Waals surface area contributed by atoms with Gasteiger partial charge in [-0.05, 0) is 12.8 Å². The van der Waals surface area contributed by atoms with Gasteiger partial charge < -0.3 is 4.90 Å². The van der Waals surface area contributed by atoms with Gasteiger partial charge in [0.05, 0.1) is 0 Å². The largest absolute Gasteiger partial charge is 0.438 e. The molecule has 82 valence electrons. The number of hydrogen-bond acceptors (Lipinski definition) is 4. The molecule has 1 aromatic rings. The zero-order valence-corrected chi connectivity index (χ0v) is 8.52. The van der Waals surface area contributed by atoms with Crippen LogP contribution in [0.4, 0.5) is 0 Å². The number of H-pyrrole nitrogens is 1. The first-order chi connectivity index (χ1) is 7.16. The molecule has 1 saturated heterocycles. The molecule has 15 heavy (non-hydrogen) atoms. The van der Waals surface area contributed by atoms with Crippen molar-refractivity contribution in [2.75, 3.05) is 13.1 Å². The molecule has 1 N–H and O–H groups in total. The fourth-order valence-electron chi connectivity index (χ4n) is 1.90. The number of rotatable bonds is 1. The molecule has 0 aliphatic carbocycles. The van der Waals surface area contributed by atoms with Crippen LogP contribution in [0.5, 0.6) is 0 Å². The third-order valence-corrected chi connectivity index (χ3v) is 2.71. The summed E-state index contributed by atoms with van der Waals surface area (Å²) in [5, 5.41) is 3.65. The predicted octanol–water partition coefficient (Wildman–Crippen LogP) is 0.0888. The molecule has 1 unspecified atom stereocenters. The summed E-state index contributed by atoms with van der Waals surface area (Å²) in [6.45, 7) is 2.94. The van der Waals surface area contributed by atoms with Crippen LogP contribution in [0.25, 0.3) is 0 Å². The maximum absolute atomic E-state index is 11.2. The highest BCUT2D eigenvalue weighted by molar-refractivity contribution is 5.73. The fourth-order valence-corrected chi connectivity index (χ4v) is 1.90. The van der Waals surface area contributed by atoms with E-state index in [1.54, 1.807) is 11.8 Å². The standard InChI is InChI=1S/C9H13N3O3/c1-6(13)12-4-2-3-7(5-12)8-10-9(14)15-11-8/h7H,2-5H2,1H3,(H,10,11,14). The average molecular weight is 211 g/mol. The summed E-state index contributed by atoms with van der Waals surface area (Å²) in [6.07, 6.45) is 1.85. The number of nitrogens with one attached hydrogen (secondary N) is 1. The van der Waals surface area contributed by atoms with E-state index >= 15 is 0 Å². The molecule has 0 aromatic carbocycles. The normalized spacial score (nSPS) is 21.7. The third kappa shape index (κ3) is 2.08. The number of likely N-dealkylation sites (tertiary alicyclic amines) is 1. The van der Waals surface area contributed by atoms with Gasteiger partial charge in [-0.1, -0.05) is 5.16 Å². The topological polar surface area (TPSA) is 79.2 Å². The van der Waals surface area contributed by atoms with Gasteiger partial charge in [0, 0.05) is 25.9 Å². The van der Waals surface area contributed by atoms with Crippen molar-refractivity contribution in [2.45, 2.75) is 25.7 Å². The van der Waals surface area contributed by atoms with Gasteiger partial charge in [0.1, 0.15) is 0 Å². The average Bonchev–Trinajstić information content (AvgIpc) is 2.65. The van der Waals surface area contributed by atoms with Crippen LogP contribution in [0, 0.1) is 0 Å². The lowest BCUT2D eigenvalue weighted by Crippen LogP contribution is -2.38. The zero-order chi connectivity index (χ0) is 10.8. The number of nitrogens with zero attached hydrogens (tertiary/aromatic N) is 2. The molecule has 0 bridgehead atoms. The minimum absolute atomic E-state index is 0.0607. The molecule has 1 aromatic heterocycles. The second-order valence-electron chi connectivity index (χ2n) is 3.78. The smallest absolute Gasteiger partial charge is 0.342 e. The molecule has 1 aliphatic rings. The van der Waals surface area contributed by atoms with Gasteiger partial charge in [0.15, 0.2) is 5.82 Å². The highest BCUT2D eigenvalue weighted by Gasteiger charge is 2.25. The molecule has 0 saturated carbocycles. The maximum atomic E-state index is 11.2. The van der Waals surface area contributed by atoms with Crippen molar-refractivity contribution < 1.29 is 9.32 Å². The van der Waals surface area contributed by atoms with Crippen LogP contribution < -0.4 is 5.76 Å². The number of carbonyl (C=O) groups excluding carboxylic acids is 1. The van der Waals surface area contributed by atoms with Gasteiger partial charge in [-0.25, -0.2) is 4.79 Å². The molecule has 2 heterocycles. The Bertz CT molecular complexity index is 409. The predicted molar refractivity (Wildman–Crippen MR) is 51.4 cm³/mol. The molecule has 1 amide bonds. The number of aromatic nitrogens is 2. The Labute approximate surface area is 86.2 Å². The minimum Gasteiger partial charge on any atom is -0.342 e. The molecule has 0 spiro atoms.